The third-order valence-corrected chi connectivity index (χ3v) is 3.94. The molecule has 0 radical (unpaired) electrons. The van der Waals surface area contributed by atoms with Crippen molar-refractivity contribution >= 4 is 0 Å². The van der Waals surface area contributed by atoms with Gasteiger partial charge < -0.3 is 5.32 Å². The van der Waals surface area contributed by atoms with Gasteiger partial charge in [0.25, 0.3) is 0 Å². The molecule has 1 nitrogen and oxygen atoms in total. The summed E-state index contributed by atoms with van der Waals surface area (Å²) in [4.78, 5) is 0. The first-order chi connectivity index (χ1) is 8.62. The van der Waals surface area contributed by atoms with Gasteiger partial charge in [-0.3, -0.25) is 0 Å². The van der Waals surface area contributed by atoms with Crippen LogP contribution < -0.4 is 5.32 Å². The zero-order chi connectivity index (χ0) is 13.7. The Kier molecular flexibility index (Phi) is 12.0. The Morgan fingerprint density at radius 1 is 0.722 bits per heavy atom. The molecule has 1 heteroatoms. The Bertz CT molecular complexity index is 163. The van der Waals surface area contributed by atoms with Crippen LogP contribution in [0.5, 0.6) is 0 Å². The summed E-state index contributed by atoms with van der Waals surface area (Å²) >= 11 is 0. The predicted molar refractivity (Wildman–Crippen MR) is 84.2 cm³/mol. The molecule has 0 aliphatic rings. The first-order valence-corrected chi connectivity index (χ1v) is 8.33. The van der Waals surface area contributed by atoms with Gasteiger partial charge in [0, 0.05) is 0 Å². The first-order valence-electron chi connectivity index (χ1n) is 8.33. The second-order valence-corrected chi connectivity index (χ2v) is 6.49. The molecule has 0 aromatic heterocycles. The highest BCUT2D eigenvalue weighted by Gasteiger charge is 2.16. The number of hydrogen-bond acceptors (Lipinski definition) is 1. The highest BCUT2D eigenvalue weighted by molar-refractivity contribution is 4.69. The lowest BCUT2D eigenvalue weighted by Crippen LogP contribution is -2.22. The topological polar surface area (TPSA) is 12.0 Å². The molecule has 0 atom stereocenters. The lowest BCUT2D eigenvalue weighted by atomic mass is 9.83. The van der Waals surface area contributed by atoms with Crippen LogP contribution in [-0.2, 0) is 0 Å². The maximum Gasteiger partial charge on any atom is -0.00439 e. The smallest absolute Gasteiger partial charge is 0.00439 e. The SMILES string of the molecule is CCCCCCCCCCC(C)(C)CCNCC. The molecular formula is C17H37N. The van der Waals surface area contributed by atoms with Crippen molar-refractivity contribution in [1.29, 1.82) is 0 Å². The van der Waals surface area contributed by atoms with Gasteiger partial charge in [-0.1, -0.05) is 79.1 Å². The Morgan fingerprint density at radius 2 is 1.28 bits per heavy atom. The average molecular weight is 255 g/mol. The summed E-state index contributed by atoms with van der Waals surface area (Å²) in [5.74, 6) is 0. The fourth-order valence-electron chi connectivity index (χ4n) is 2.47. The van der Waals surface area contributed by atoms with Crippen molar-refractivity contribution in [1.82, 2.24) is 5.32 Å². The molecule has 0 aliphatic carbocycles. The van der Waals surface area contributed by atoms with E-state index < -0.39 is 0 Å². The van der Waals surface area contributed by atoms with E-state index in [0.29, 0.717) is 5.41 Å². The summed E-state index contributed by atoms with van der Waals surface area (Å²) in [7, 11) is 0. The summed E-state index contributed by atoms with van der Waals surface area (Å²) in [5.41, 5.74) is 0.532. The van der Waals surface area contributed by atoms with Gasteiger partial charge >= 0.3 is 0 Å². The minimum Gasteiger partial charge on any atom is -0.317 e. The molecule has 18 heavy (non-hydrogen) atoms. The minimum atomic E-state index is 0.532. The van der Waals surface area contributed by atoms with Gasteiger partial charge in [0.1, 0.15) is 0 Å². The van der Waals surface area contributed by atoms with Crippen LogP contribution in [0.1, 0.15) is 91.9 Å². The maximum atomic E-state index is 3.43. The summed E-state index contributed by atoms with van der Waals surface area (Å²) in [5, 5.41) is 3.43. The molecule has 0 unspecified atom stereocenters. The molecule has 0 saturated heterocycles. The van der Waals surface area contributed by atoms with Crippen molar-refractivity contribution in [3.63, 3.8) is 0 Å². The second kappa shape index (κ2) is 12.0. The van der Waals surface area contributed by atoms with Gasteiger partial charge in [0.05, 0.1) is 0 Å². The maximum absolute atomic E-state index is 3.43. The van der Waals surface area contributed by atoms with Crippen molar-refractivity contribution in [2.45, 2.75) is 91.9 Å². The molecule has 110 valence electrons. The quantitative estimate of drug-likeness (QED) is 0.426. The average Bonchev–Trinajstić information content (AvgIpc) is 2.33. The molecular weight excluding hydrogens is 218 g/mol. The van der Waals surface area contributed by atoms with Crippen LogP contribution in [0.3, 0.4) is 0 Å². The summed E-state index contributed by atoms with van der Waals surface area (Å²) in [6.45, 7) is 11.6. The summed E-state index contributed by atoms with van der Waals surface area (Å²) in [6, 6.07) is 0. The Hall–Kier alpha value is -0.0400. The molecule has 0 fully saturated rings. The van der Waals surface area contributed by atoms with Crippen molar-refractivity contribution in [3.8, 4) is 0 Å². The van der Waals surface area contributed by atoms with Gasteiger partial charge in [-0.05, 0) is 31.3 Å². The highest BCUT2D eigenvalue weighted by atomic mass is 14.8. The molecule has 0 saturated carbocycles. The molecule has 0 heterocycles. The third-order valence-electron chi connectivity index (χ3n) is 3.94. The van der Waals surface area contributed by atoms with Crippen LogP contribution in [0, 0.1) is 5.41 Å². The van der Waals surface area contributed by atoms with Crippen LogP contribution in [0.2, 0.25) is 0 Å². The molecule has 0 aromatic carbocycles. The van der Waals surface area contributed by atoms with E-state index in [1.165, 1.54) is 70.8 Å². The Morgan fingerprint density at radius 3 is 1.83 bits per heavy atom. The van der Waals surface area contributed by atoms with Crippen LogP contribution in [0.4, 0.5) is 0 Å². The van der Waals surface area contributed by atoms with Gasteiger partial charge in [0.15, 0.2) is 0 Å². The summed E-state index contributed by atoms with van der Waals surface area (Å²) in [6.07, 6.45) is 14.2. The number of unbranched alkanes of at least 4 members (excludes halogenated alkanes) is 7. The first kappa shape index (κ1) is 18.0. The molecule has 0 amide bonds. The monoisotopic (exact) mass is 255 g/mol. The Labute approximate surface area is 116 Å². The standard InChI is InChI=1S/C17H37N/c1-5-7-8-9-10-11-12-13-14-17(3,4)15-16-18-6-2/h18H,5-16H2,1-4H3. The van der Waals surface area contributed by atoms with E-state index in [4.69, 9.17) is 0 Å². The van der Waals surface area contributed by atoms with Gasteiger partial charge in [-0.25, -0.2) is 0 Å². The minimum absolute atomic E-state index is 0.532. The molecule has 1 N–H and O–H groups in total. The largest absolute Gasteiger partial charge is 0.317 e. The van der Waals surface area contributed by atoms with E-state index in [1.807, 2.05) is 0 Å². The highest BCUT2D eigenvalue weighted by Crippen LogP contribution is 2.27. The molecule has 0 spiro atoms. The van der Waals surface area contributed by atoms with Crippen molar-refractivity contribution < 1.29 is 0 Å². The fraction of sp³-hybridized carbons (Fsp3) is 1.00. The predicted octanol–water partition coefficient (Wildman–Crippen LogP) is 5.54. The van der Waals surface area contributed by atoms with Crippen LogP contribution in [0.15, 0.2) is 0 Å². The van der Waals surface area contributed by atoms with E-state index in [9.17, 15) is 0 Å². The van der Waals surface area contributed by atoms with E-state index in [1.54, 1.807) is 0 Å². The molecule has 0 rings (SSSR count). The van der Waals surface area contributed by atoms with Crippen molar-refractivity contribution in [2.24, 2.45) is 5.41 Å². The lowest BCUT2D eigenvalue weighted by molar-refractivity contribution is 0.290. The third kappa shape index (κ3) is 12.4. The van der Waals surface area contributed by atoms with Crippen molar-refractivity contribution in [3.05, 3.63) is 0 Å². The summed E-state index contributed by atoms with van der Waals surface area (Å²) < 4.78 is 0. The molecule has 0 aromatic rings. The van der Waals surface area contributed by atoms with E-state index in [0.717, 1.165) is 6.54 Å². The van der Waals surface area contributed by atoms with Gasteiger partial charge in [-0.15, -0.1) is 0 Å². The van der Waals surface area contributed by atoms with Gasteiger partial charge in [-0.2, -0.15) is 0 Å². The van der Waals surface area contributed by atoms with E-state index >= 15 is 0 Å². The number of nitrogens with one attached hydrogen (secondary N) is 1. The van der Waals surface area contributed by atoms with Crippen LogP contribution in [0.25, 0.3) is 0 Å². The van der Waals surface area contributed by atoms with Crippen molar-refractivity contribution in [2.75, 3.05) is 13.1 Å². The zero-order valence-electron chi connectivity index (χ0n) is 13.5. The number of hydrogen-bond donors (Lipinski definition) is 1. The molecule has 0 bridgehead atoms. The van der Waals surface area contributed by atoms with Crippen LogP contribution in [-0.4, -0.2) is 13.1 Å². The lowest BCUT2D eigenvalue weighted by Gasteiger charge is -2.24. The van der Waals surface area contributed by atoms with E-state index in [2.05, 4.69) is 33.0 Å². The normalized spacial score (nSPS) is 12.0. The van der Waals surface area contributed by atoms with E-state index in [-0.39, 0.29) is 0 Å². The number of rotatable bonds is 13. The molecule has 0 aliphatic heterocycles. The van der Waals surface area contributed by atoms with Gasteiger partial charge in [0.2, 0.25) is 0 Å². The fourth-order valence-corrected chi connectivity index (χ4v) is 2.47. The zero-order valence-corrected chi connectivity index (χ0v) is 13.5. The Balaban J connectivity index is 3.30. The van der Waals surface area contributed by atoms with Crippen LogP contribution >= 0.6 is 0 Å². The second-order valence-electron chi connectivity index (χ2n) is 6.49.